The number of nitrogens with zero attached hydrogens (tertiary/aromatic N) is 2. The summed E-state index contributed by atoms with van der Waals surface area (Å²) in [6.07, 6.45) is 4.84. The molecule has 0 unspecified atom stereocenters. The standard InChI is InChI=1S/C16H17ClN4O/c17-11-4-3-7-13(10-11)19-16(22)14-8-9-15(21-20-14)18-12-5-1-2-6-12/h3-4,7-10,12H,1-2,5-6H2,(H,18,21)(H,19,22). The molecule has 0 saturated heterocycles. The van der Waals surface area contributed by atoms with Crippen LogP contribution in [0.3, 0.4) is 0 Å². The molecule has 0 radical (unpaired) electrons. The highest BCUT2D eigenvalue weighted by Gasteiger charge is 2.15. The number of hydrogen-bond acceptors (Lipinski definition) is 4. The molecule has 6 heteroatoms. The Labute approximate surface area is 134 Å². The zero-order valence-electron chi connectivity index (χ0n) is 12.1. The number of carbonyl (C=O) groups excluding carboxylic acids is 1. The van der Waals surface area contributed by atoms with Gasteiger partial charge in [0, 0.05) is 16.8 Å². The van der Waals surface area contributed by atoms with Gasteiger partial charge in [-0.15, -0.1) is 10.2 Å². The minimum atomic E-state index is -0.304. The number of rotatable bonds is 4. The molecule has 22 heavy (non-hydrogen) atoms. The van der Waals surface area contributed by atoms with Crippen LogP contribution >= 0.6 is 11.6 Å². The Morgan fingerprint density at radius 3 is 2.64 bits per heavy atom. The first-order valence-corrected chi connectivity index (χ1v) is 7.76. The van der Waals surface area contributed by atoms with Crippen molar-refractivity contribution in [1.29, 1.82) is 0 Å². The van der Waals surface area contributed by atoms with E-state index < -0.39 is 0 Å². The van der Waals surface area contributed by atoms with Crippen LogP contribution in [0.5, 0.6) is 0 Å². The fourth-order valence-electron chi connectivity index (χ4n) is 2.57. The van der Waals surface area contributed by atoms with Crippen molar-refractivity contribution in [3.05, 3.63) is 47.1 Å². The van der Waals surface area contributed by atoms with Gasteiger partial charge in [-0.05, 0) is 43.2 Å². The van der Waals surface area contributed by atoms with Crippen LogP contribution in [-0.2, 0) is 0 Å². The van der Waals surface area contributed by atoms with E-state index in [0.717, 1.165) is 0 Å². The molecular formula is C16H17ClN4O. The smallest absolute Gasteiger partial charge is 0.276 e. The van der Waals surface area contributed by atoms with Crippen molar-refractivity contribution in [2.75, 3.05) is 10.6 Å². The summed E-state index contributed by atoms with van der Waals surface area (Å²) >= 11 is 5.89. The lowest BCUT2D eigenvalue weighted by Crippen LogP contribution is -2.18. The molecule has 0 spiro atoms. The number of anilines is 2. The van der Waals surface area contributed by atoms with Crippen LogP contribution in [0, 0.1) is 0 Å². The second-order valence-electron chi connectivity index (χ2n) is 5.39. The Morgan fingerprint density at radius 1 is 1.14 bits per heavy atom. The summed E-state index contributed by atoms with van der Waals surface area (Å²) in [5, 5.41) is 14.7. The summed E-state index contributed by atoms with van der Waals surface area (Å²) < 4.78 is 0. The lowest BCUT2D eigenvalue weighted by Gasteiger charge is -2.11. The Hall–Kier alpha value is -2.14. The molecule has 1 aromatic heterocycles. The number of benzene rings is 1. The molecule has 0 aliphatic heterocycles. The van der Waals surface area contributed by atoms with Crippen LogP contribution in [0.1, 0.15) is 36.2 Å². The molecule has 1 saturated carbocycles. The molecule has 114 valence electrons. The summed E-state index contributed by atoms with van der Waals surface area (Å²) in [5.74, 6) is 0.411. The van der Waals surface area contributed by atoms with Crippen molar-refractivity contribution in [3.63, 3.8) is 0 Å². The van der Waals surface area contributed by atoms with Crippen LogP contribution < -0.4 is 10.6 Å². The third-order valence-corrected chi connectivity index (χ3v) is 3.92. The summed E-state index contributed by atoms with van der Waals surface area (Å²) in [7, 11) is 0. The number of amides is 1. The van der Waals surface area contributed by atoms with Gasteiger partial charge in [-0.25, -0.2) is 0 Å². The monoisotopic (exact) mass is 316 g/mol. The summed E-state index contributed by atoms with van der Waals surface area (Å²) in [5.41, 5.74) is 0.907. The van der Waals surface area contributed by atoms with E-state index in [-0.39, 0.29) is 11.6 Å². The SMILES string of the molecule is O=C(Nc1cccc(Cl)c1)c1ccc(NC2CCCC2)nn1. The molecule has 0 bridgehead atoms. The molecular weight excluding hydrogens is 300 g/mol. The van der Waals surface area contributed by atoms with Crippen molar-refractivity contribution in [3.8, 4) is 0 Å². The lowest BCUT2D eigenvalue weighted by molar-refractivity contribution is 0.102. The summed E-state index contributed by atoms with van der Waals surface area (Å²) in [6, 6.07) is 10.9. The Bertz CT molecular complexity index is 653. The number of halogens is 1. The number of aromatic nitrogens is 2. The predicted octanol–water partition coefficient (Wildman–Crippen LogP) is 3.74. The second-order valence-corrected chi connectivity index (χ2v) is 5.83. The highest BCUT2D eigenvalue weighted by atomic mass is 35.5. The average molecular weight is 317 g/mol. The van der Waals surface area contributed by atoms with E-state index in [4.69, 9.17) is 11.6 Å². The van der Waals surface area contributed by atoms with Crippen molar-refractivity contribution < 1.29 is 4.79 Å². The maximum atomic E-state index is 12.1. The van der Waals surface area contributed by atoms with Crippen molar-refractivity contribution in [1.82, 2.24) is 10.2 Å². The topological polar surface area (TPSA) is 66.9 Å². The molecule has 0 atom stereocenters. The van der Waals surface area contributed by atoms with Gasteiger partial charge in [0.25, 0.3) is 5.91 Å². The maximum absolute atomic E-state index is 12.1. The highest BCUT2D eigenvalue weighted by Crippen LogP contribution is 2.21. The highest BCUT2D eigenvalue weighted by molar-refractivity contribution is 6.30. The van der Waals surface area contributed by atoms with E-state index in [9.17, 15) is 4.79 Å². The average Bonchev–Trinajstić information content (AvgIpc) is 3.01. The fourth-order valence-corrected chi connectivity index (χ4v) is 2.76. The quantitative estimate of drug-likeness (QED) is 0.901. The minimum Gasteiger partial charge on any atom is -0.366 e. The molecule has 1 aromatic carbocycles. The van der Waals surface area contributed by atoms with E-state index in [1.807, 2.05) is 0 Å². The Kier molecular flexibility index (Phi) is 4.53. The van der Waals surface area contributed by atoms with E-state index in [1.165, 1.54) is 25.7 Å². The fraction of sp³-hybridized carbons (Fsp3) is 0.312. The lowest BCUT2D eigenvalue weighted by atomic mass is 10.2. The van der Waals surface area contributed by atoms with Gasteiger partial charge in [0.05, 0.1) is 0 Å². The van der Waals surface area contributed by atoms with Gasteiger partial charge in [0.15, 0.2) is 5.69 Å². The zero-order valence-corrected chi connectivity index (χ0v) is 12.8. The number of carbonyl (C=O) groups is 1. The van der Waals surface area contributed by atoms with E-state index in [1.54, 1.807) is 36.4 Å². The van der Waals surface area contributed by atoms with Gasteiger partial charge in [0.1, 0.15) is 5.82 Å². The Morgan fingerprint density at radius 2 is 1.95 bits per heavy atom. The minimum absolute atomic E-state index is 0.275. The van der Waals surface area contributed by atoms with Gasteiger partial charge in [-0.1, -0.05) is 30.5 Å². The maximum Gasteiger partial charge on any atom is 0.276 e. The molecule has 3 rings (SSSR count). The molecule has 1 amide bonds. The van der Waals surface area contributed by atoms with Gasteiger partial charge in [-0.2, -0.15) is 0 Å². The van der Waals surface area contributed by atoms with E-state index in [0.29, 0.717) is 22.6 Å². The van der Waals surface area contributed by atoms with Gasteiger partial charge < -0.3 is 10.6 Å². The molecule has 1 aliphatic carbocycles. The molecule has 1 fully saturated rings. The first kappa shape index (κ1) is 14.8. The van der Waals surface area contributed by atoms with Gasteiger partial charge >= 0.3 is 0 Å². The third-order valence-electron chi connectivity index (χ3n) is 3.69. The van der Waals surface area contributed by atoms with E-state index >= 15 is 0 Å². The predicted molar refractivity (Wildman–Crippen MR) is 87.3 cm³/mol. The van der Waals surface area contributed by atoms with Crippen LogP contribution in [-0.4, -0.2) is 22.1 Å². The summed E-state index contributed by atoms with van der Waals surface area (Å²) in [6.45, 7) is 0. The van der Waals surface area contributed by atoms with Crippen LogP contribution in [0.15, 0.2) is 36.4 Å². The van der Waals surface area contributed by atoms with Crippen molar-refractivity contribution >= 4 is 29.0 Å². The van der Waals surface area contributed by atoms with Crippen LogP contribution in [0.25, 0.3) is 0 Å². The van der Waals surface area contributed by atoms with Crippen molar-refractivity contribution in [2.45, 2.75) is 31.7 Å². The molecule has 1 aliphatic rings. The first-order valence-electron chi connectivity index (χ1n) is 7.38. The zero-order chi connectivity index (χ0) is 15.4. The summed E-state index contributed by atoms with van der Waals surface area (Å²) in [4.78, 5) is 12.1. The molecule has 2 N–H and O–H groups in total. The van der Waals surface area contributed by atoms with Crippen LogP contribution in [0.2, 0.25) is 5.02 Å². The second kappa shape index (κ2) is 6.75. The molecule has 5 nitrogen and oxygen atoms in total. The third kappa shape index (κ3) is 3.74. The molecule has 1 heterocycles. The Balaban J connectivity index is 1.63. The van der Waals surface area contributed by atoms with E-state index in [2.05, 4.69) is 20.8 Å². The van der Waals surface area contributed by atoms with Crippen LogP contribution in [0.4, 0.5) is 11.5 Å². The van der Waals surface area contributed by atoms with Gasteiger partial charge in [-0.3, -0.25) is 4.79 Å². The molecule has 2 aromatic rings. The largest absolute Gasteiger partial charge is 0.366 e. The normalized spacial score (nSPS) is 14.8. The number of hydrogen-bond donors (Lipinski definition) is 2. The first-order chi connectivity index (χ1) is 10.7. The number of nitrogens with one attached hydrogen (secondary N) is 2. The van der Waals surface area contributed by atoms with Crippen molar-refractivity contribution in [2.24, 2.45) is 0 Å². The van der Waals surface area contributed by atoms with Gasteiger partial charge in [0.2, 0.25) is 0 Å².